The van der Waals surface area contributed by atoms with Gasteiger partial charge in [0.25, 0.3) is 0 Å². The van der Waals surface area contributed by atoms with E-state index in [1.54, 1.807) is 23.0 Å². The average molecular weight is 255 g/mol. The van der Waals surface area contributed by atoms with Crippen molar-refractivity contribution in [2.75, 3.05) is 17.7 Å². The van der Waals surface area contributed by atoms with Crippen molar-refractivity contribution in [3.8, 4) is 0 Å². The van der Waals surface area contributed by atoms with E-state index < -0.39 is 16.6 Å². The molecule has 0 aliphatic heterocycles. The molecule has 2 N–H and O–H groups in total. The molecule has 1 heterocycles. The van der Waals surface area contributed by atoms with Crippen LogP contribution in [0.5, 0.6) is 0 Å². The van der Waals surface area contributed by atoms with Crippen LogP contribution in [-0.2, 0) is 10.8 Å². The minimum Gasteiger partial charge on any atom is -0.369 e. The van der Waals surface area contributed by atoms with Crippen LogP contribution in [0.15, 0.2) is 18.2 Å². The molecule has 0 bridgehead atoms. The number of hydrogen-bond acceptors (Lipinski definition) is 3. The Bertz CT molecular complexity index is 581. The Morgan fingerprint density at radius 1 is 1.59 bits per heavy atom. The molecule has 2 rings (SSSR count). The van der Waals surface area contributed by atoms with Crippen LogP contribution in [0, 0.1) is 5.82 Å². The minimum absolute atomic E-state index is 0.0763. The largest absolute Gasteiger partial charge is 0.369 e. The number of halogens is 1. The molecule has 0 saturated carbocycles. The number of rotatable bonds is 3. The van der Waals surface area contributed by atoms with Gasteiger partial charge in [-0.2, -0.15) is 0 Å². The van der Waals surface area contributed by atoms with Crippen molar-refractivity contribution in [1.29, 1.82) is 0 Å². The lowest BCUT2D eigenvalue weighted by Gasteiger charge is -2.14. The highest BCUT2D eigenvalue weighted by Crippen LogP contribution is 2.24. The monoisotopic (exact) mass is 255 g/mol. The Morgan fingerprint density at radius 3 is 2.94 bits per heavy atom. The van der Waals surface area contributed by atoms with E-state index in [1.165, 1.54) is 6.07 Å². The first-order valence-electron chi connectivity index (χ1n) is 5.22. The summed E-state index contributed by atoms with van der Waals surface area (Å²) < 4.78 is 26.5. The summed E-state index contributed by atoms with van der Waals surface area (Å²) in [4.78, 5) is 4.01. The third-order valence-corrected chi connectivity index (χ3v) is 3.57. The van der Waals surface area contributed by atoms with Crippen molar-refractivity contribution < 1.29 is 8.60 Å². The molecule has 0 saturated heterocycles. The molecular formula is C11H14FN3OS. The van der Waals surface area contributed by atoms with Gasteiger partial charge in [-0.25, -0.2) is 9.37 Å². The van der Waals surface area contributed by atoms with E-state index in [0.717, 1.165) is 0 Å². The van der Waals surface area contributed by atoms with Crippen molar-refractivity contribution in [3.05, 3.63) is 24.0 Å². The van der Waals surface area contributed by atoms with Gasteiger partial charge >= 0.3 is 0 Å². The second-order valence-corrected chi connectivity index (χ2v) is 5.52. The minimum atomic E-state index is -0.935. The highest BCUT2D eigenvalue weighted by molar-refractivity contribution is 7.84. The zero-order valence-corrected chi connectivity index (χ0v) is 10.5. The van der Waals surface area contributed by atoms with Gasteiger partial charge in [-0.05, 0) is 19.1 Å². The van der Waals surface area contributed by atoms with Crippen molar-refractivity contribution >= 4 is 27.8 Å². The maximum Gasteiger partial charge on any atom is 0.201 e. The van der Waals surface area contributed by atoms with Crippen LogP contribution >= 0.6 is 0 Å². The second-order valence-electron chi connectivity index (χ2n) is 4.04. The van der Waals surface area contributed by atoms with Crippen LogP contribution in [-0.4, -0.2) is 25.8 Å². The molecule has 0 aliphatic carbocycles. The van der Waals surface area contributed by atoms with Gasteiger partial charge in [0.1, 0.15) is 5.52 Å². The number of anilines is 1. The molecule has 1 aromatic heterocycles. The fraction of sp³-hybridized carbons (Fsp3) is 0.364. The molecule has 0 amide bonds. The standard InChI is InChI=1S/C11H14FN3OS/c1-7(6-17(2)16)15-9-5-3-4-8(12)10(9)14-11(15)13/h3-5,7H,6H2,1-2H3,(H2,13,14). The van der Waals surface area contributed by atoms with E-state index >= 15 is 0 Å². The summed E-state index contributed by atoms with van der Waals surface area (Å²) in [6.07, 6.45) is 1.63. The van der Waals surface area contributed by atoms with Crippen molar-refractivity contribution in [1.82, 2.24) is 9.55 Å². The summed E-state index contributed by atoms with van der Waals surface area (Å²) in [5, 5.41) is 0. The number of hydrogen-bond donors (Lipinski definition) is 1. The Kier molecular flexibility index (Phi) is 3.15. The van der Waals surface area contributed by atoms with Crippen LogP contribution in [0.1, 0.15) is 13.0 Å². The zero-order chi connectivity index (χ0) is 12.6. The molecule has 0 radical (unpaired) electrons. The van der Waals surface area contributed by atoms with Crippen molar-refractivity contribution in [2.45, 2.75) is 13.0 Å². The van der Waals surface area contributed by atoms with Crippen molar-refractivity contribution in [3.63, 3.8) is 0 Å². The molecule has 0 fully saturated rings. The number of benzene rings is 1. The second kappa shape index (κ2) is 4.44. The summed E-state index contributed by atoms with van der Waals surface area (Å²) in [6, 6.07) is 4.65. The van der Waals surface area contributed by atoms with Gasteiger partial charge in [-0.1, -0.05) is 6.07 Å². The van der Waals surface area contributed by atoms with Crippen LogP contribution in [0.25, 0.3) is 11.0 Å². The zero-order valence-electron chi connectivity index (χ0n) is 9.68. The van der Waals surface area contributed by atoms with E-state index in [0.29, 0.717) is 11.3 Å². The maximum absolute atomic E-state index is 13.5. The van der Waals surface area contributed by atoms with E-state index in [2.05, 4.69) is 4.98 Å². The van der Waals surface area contributed by atoms with E-state index in [1.807, 2.05) is 6.92 Å². The molecular weight excluding hydrogens is 241 g/mol. The first-order valence-corrected chi connectivity index (χ1v) is 6.95. The number of nitrogens with zero attached hydrogens (tertiary/aromatic N) is 2. The fourth-order valence-corrected chi connectivity index (χ4v) is 2.81. The molecule has 6 heteroatoms. The highest BCUT2D eigenvalue weighted by atomic mass is 32.2. The molecule has 2 atom stereocenters. The molecule has 2 aromatic rings. The predicted octanol–water partition coefficient (Wildman–Crippen LogP) is 1.70. The summed E-state index contributed by atoms with van der Waals surface area (Å²) in [7, 11) is -0.935. The lowest BCUT2D eigenvalue weighted by Crippen LogP contribution is -2.14. The third kappa shape index (κ3) is 2.17. The first kappa shape index (κ1) is 12.0. The molecule has 4 nitrogen and oxygen atoms in total. The van der Waals surface area contributed by atoms with E-state index in [-0.39, 0.29) is 17.5 Å². The predicted molar refractivity (Wildman–Crippen MR) is 67.7 cm³/mol. The van der Waals surface area contributed by atoms with Crippen molar-refractivity contribution in [2.24, 2.45) is 0 Å². The Hall–Kier alpha value is -1.43. The Labute approximate surface area is 101 Å². The molecule has 2 unspecified atom stereocenters. The van der Waals surface area contributed by atoms with Gasteiger partial charge in [0, 0.05) is 28.9 Å². The first-order chi connectivity index (χ1) is 8.00. The van der Waals surface area contributed by atoms with Gasteiger partial charge in [0.15, 0.2) is 5.82 Å². The maximum atomic E-state index is 13.5. The summed E-state index contributed by atoms with van der Waals surface area (Å²) in [5.41, 5.74) is 6.69. The third-order valence-electron chi connectivity index (χ3n) is 2.61. The lowest BCUT2D eigenvalue weighted by atomic mass is 10.3. The number of fused-ring (bicyclic) bond motifs is 1. The number of nitrogen functional groups attached to an aromatic ring is 1. The summed E-state index contributed by atoms with van der Waals surface area (Å²) >= 11 is 0. The SMILES string of the molecule is CC(CS(C)=O)n1c(N)nc2c(F)cccc21. The van der Waals surface area contributed by atoms with Crippen LogP contribution < -0.4 is 5.73 Å². The molecule has 0 aliphatic rings. The molecule has 92 valence electrons. The summed E-state index contributed by atoms with van der Waals surface area (Å²) in [6.45, 7) is 1.89. The number of nitrogens with two attached hydrogens (primary N) is 1. The number of para-hydroxylation sites is 1. The number of aromatic nitrogens is 2. The van der Waals surface area contributed by atoms with Gasteiger partial charge < -0.3 is 10.3 Å². The topological polar surface area (TPSA) is 60.9 Å². The Morgan fingerprint density at radius 2 is 2.29 bits per heavy atom. The quantitative estimate of drug-likeness (QED) is 0.908. The lowest BCUT2D eigenvalue weighted by molar-refractivity contribution is 0.618. The van der Waals surface area contributed by atoms with Gasteiger partial charge in [-0.3, -0.25) is 4.21 Å². The smallest absolute Gasteiger partial charge is 0.201 e. The van der Waals surface area contributed by atoms with E-state index in [4.69, 9.17) is 5.73 Å². The normalized spacial score (nSPS) is 15.0. The van der Waals surface area contributed by atoms with Crippen LogP contribution in [0.3, 0.4) is 0 Å². The van der Waals surface area contributed by atoms with Crippen LogP contribution in [0.4, 0.5) is 10.3 Å². The number of imidazole rings is 1. The van der Waals surface area contributed by atoms with Gasteiger partial charge in [0.2, 0.25) is 5.95 Å². The summed E-state index contributed by atoms with van der Waals surface area (Å²) in [5.74, 6) is 0.326. The van der Waals surface area contributed by atoms with Gasteiger partial charge in [-0.15, -0.1) is 0 Å². The van der Waals surface area contributed by atoms with Gasteiger partial charge in [0.05, 0.1) is 5.52 Å². The highest BCUT2D eigenvalue weighted by Gasteiger charge is 2.16. The molecule has 0 spiro atoms. The average Bonchev–Trinajstić information content (AvgIpc) is 2.55. The van der Waals surface area contributed by atoms with E-state index in [9.17, 15) is 8.60 Å². The fourth-order valence-electron chi connectivity index (χ4n) is 1.98. The molecule has 17 heavy (non-hydrogen) atoms. The molecule has 1 aromatic carbocycles. The van der Waals surface area contributed by atoms with Crippen LogP contribution in [0.2, 0.25) is 0 Å². The Balaban J connectivity index is 2.57.